The van der Waals surface area contributed by atoms with Crippen LogP contribution in [-0.4, -0.2) is 22.6 Å². The molecule has 0 saturated carbocycles. The van der Waals surface area contributed by atoms with Gasteiger partial charge in [0.15, 0.2) is 0 Å². The van der Waals surface area contributed by atoms with Crippen molar-refractivity contribution in [3.63, 3.8) is 0 Å². The lowest BCUT2D eigenvalue weighted by molar-refractivity contribution is -0.128. The van der Waals surface area contributed by atoms with E-state index in [1.807, 2.05) is 25.1 Å². The number of piperidine rings is 1. The second kappa shape index (κ2) is 5.69. The molecule has 0 radical (unpaired) electrons. The van der Waals surface area contributed by atoms with Crippen molar-refractivity contribution in [2.75, 3.05) is 11.9 Å². The summed E-state index contributed by atoms with van der Waals surface area (Å²) in [6.07, 6.45) is 1.82. The summed E-state index contributed by atoms with van der Waals surface area (Å²) in [7, 11) is 0. The lowest BCUT2D eigenvalue weighted by Crippen LogP contribution is -2.47. The fourth-order valence-electron chi connectivity index (χ4n) is 2.53. The number of aromatic amines is 1. The number of rotatable bonds is 4. The van der Waals surface area contributed by atoms with Gasteiger partial charge in [0.25, 0.3) is 0 Å². The highest BCUT2D eigenvalue weighted by Crippen LogP contribution is 2.31. The predicted molar refractivity (Wildman–Crippen MR) is 84.8 cm³/mol. The van der Waals surface area contributed by atoms with Crippen LogP contribution in [0.2, 0.25) is 4.34 Å². The molecular weight excluding hydrogens is 308 g/mol. The molecule has 1 aliphatic heterocycles. The van der Waals surface area contributed by atoms with Crippen molar-refractivity contribution >= 4 is 34.7 Å². The van der Waals surface area contributed by atoms with Crippen LogP contribution in [0.1, 0.15) is 30.3 Å². The lowest BCUT2D eigenvalue weighted by Gasteiger charge is -2.31. The van der Waals surface area contributed by atoms with Gasteiger partial charge in [-0.15, -0.1) is 11.3 Å². The predicted octanol–water partition coefficient (Wildman–Crippen LogP) is 2.90. The van der Waals surface area contributed by atoms with Gasteiger partial charge in [-0.1, -0.05) is 11.6 Å². The van der Waals surface area contributed by atoms with Gasteiger partial charge in [-0.25, -0.2) is 0 Å². The summed E-state index contributed by atoms with van der Waals surface area (Å²) in [6.45, 7) is 3.38. The van der Waals surface area contributed by atoms with E-state index in [1.54, 1.807) is 11.3 Å². The van der Waals surface area contributed by atoms with E-state index in [1.165, 1.54) is 0 Å². The van der Waals surface area contributed by atoms with Crippen LogP contribution in [0.4, 0.5) is 5.82 Å². The molecular formula is C14H17ClN4OS. The Hall–Kier alpha value is -1.53. The maximum absolute atomic E-state index is 12.1. The van der Waals surface area contributed by atoms with E-state index in [0.29, 0.717) is 6.54 Å². The average molecular weight is 325 g/mol. The molecule has 0 bridgehead atoms. The molecule has 3 heterocycles. The quantitative estimate of drug-likeness (QED) is 0.810. The van der Waals surface area contributed by atoms with Crippen LogP contribution in [0.25, 0.3) is 0 Å². The van der Waals surface area contributed by atoms with Crippen LogP contribution in [0.15, 0.2) is 18.2 Å². The van der Waals surface area contributed by atoms with Gasteiger partial charge in [0, 0.05) is 17.5 Å². The molecule has 0 aliphatic carbocycles. The van der Waals surface area contributed by atoms with E-state index in [0.717, 1.165) is 40.1 Å². The smallest absolute Gasteiger partial charge is 0.231 e. The van der Waals surface area contributed by atoms with Gasteiger partial charge >= 0.3 is 0 Å². The molecule has 1 atom stereocenters. The number of carbonyl (C=O) groups excluding carboxylic acids is 1. The van der Waals surface area contributed by atoms with Crippen molar-refractivity contribution in [1.29, 1.82) is 0 Å². The number of hydrogen-bond donors (Lipinski definition) is 3. The van der Waals surface area contributed by atoms with Crippen LogP contribution >= 0.6 is 22.9 Å². The molecule has 112 valence electrons. The minimum atomic E-state index is -0.516. The Labute approximate surface area is 132 Å². The number of hydrogen-bond acceptors (Lipinski definition) is 4. The second-order valence-corrected chi connectivity index (χ2v) is 7.22. The summed E-state index contributed by atoms with van der Waals surface area (Å²) >= 11 is 7.45. The number of H-pyrrole nitrogens is 1. The summed E-state index contributed by atoms with van der Waals surface area (Å²) in [5.74, 6) is 0.808. The Balaban J connectivity index is 1.69. The highest BCUT2D eigenvalue weighted by Gasteiger charge is 2.38. The Bertz CT molecular complexity index is 653. The van der Waals surface area contributed by atoms with Crippen LogP contribution in [-0.2, 0) is 16.8 Å². The van der Waals surface area contributed by atoms with Gasteiger partial charge in [-0.2, -0.15) is 5.10 Å². The van der Waals surface area contributed by atoms with E-state index in [9.17, 15) is 4.79 Å². The lowest BCUT2D eigenvalue weighted by atomic mass is 9.79. The van der Waals surface area contributed by atoms with Crippen molar-refractivity contribution < 1.29 is 4.79 Å². The Morgan fingerprint density at radius 1 is 1.52 bits per heavy atom. The average Bonchev–Trinajstić information content (AvgIpc) is 3.09. The number of aromatic nitrogens is 2. The highest BCUT2D eigenvalue weighted by atomic mass is 35.5. The Morgan fingerprint density at radius 2 is 2.38 bits per heavy atom. The number of thiophene rings is 1. The summed E-state index contributed by atoms with van der Waals surface area (Å²) in [5, 5.41) is 13.4. The van der Waals surface area contributed by atoms with E-state index in [4.69, 9.17) is 11.6 Å². The molecule has 2 aromatic heterocycles. The molecule has 0 spiro atoms. The zero-order valence-corrected chi connectivity index (χ0v) is 13.3. The molecule has 0 aromatic carbocycles. The standard InChI is InChI=1S/C14H17ClN4OS/c1-14(5-2-6-16-13(14)20)10-7-12(19-18-10)17-8-9-3-4-11(15)21-9/h3-4,7H,2,5-6,8H2,1H3,(H,16,20)(H2,17,18,19). The molecule has 1 aliphatic rings. The number of halogens is 1. The monoisotopic (exact) mass is 324 g/mol. The number of nitrogens with zero attached hydrogens (tertiary/aromatic N) is 1. The molecule has 7 heteroatoms. The summed E-state index contributed by atoms with van der Waals surface area (Å²) < 4.78 is 0.779. The molecule has 1 unspecified atom stereocenters. The molecule has 3 rings (SSSR count). The first-order chi connectivity index (χ1) is 10.1. The third kappa shape index (κ3) is 2.91. The largest absolute Gasteiger partial charge is 0.364 e. The van der Waals surface area contributed by atoms with E-state index in [-0.39, 0.29) is 5.91 Å². The summed E-state index contributed by atoms with van der Waals surface area (Å²) in [5.41, 5.74) is 0.337. The van der Waals surface area contributed by atoms with Gasteiger partial charge in [0.2, 0.25) is 5.91 Å². The van der Waals surface area contributed by atoms with Gasteiger partial charge in [-0.3, -0.25) is 9.89 Å². The molecule has 1 fully saturated rings. The van der Waals surface area contributed by atoms with Crippen LogP contribution in [0.3, 0.4) is 0 Å². The third-order valence-electron chi connectivity index (χ3n) is 3.89. The van der Waals surface area contributed by atoms with E-state index in [2.05, 4.69) is 20.8 Å². The minimum absolute atomic E-state index is 0.0639. The van der Waals surface area contributed by atoms with Crippen molar-refractivity contribution in [2.24, 2.45) is 0 Å². The number of carbonyl (C=O) groups is 1. The second-order valence-electron chi connectivity index (χ2n) is 5.42. The number of amides is 1. The topological polar surface area (TPSA) is 69.8 Å². The summed E-state index contributed by atoms with van der Waals surface area (Å²) in [6, 6.07) is 5.79. The number of nitrogens with one attached hydrogen (secondary N) is 3. The summed E-state index contributed by atoms with van der Waals surface area (Å²) in [4.78, 5) is 13.3. The molecule has 2 aromatic rings. The first-order valence-electron chi connectivity index (χ1n) is 6.90. The molecule has 21 heavy (non-hydrogen) atoms. The van der Waals surface area contributed by atoms with Crippen LogP contribution in [0, 0.1) is 0 Å². The van der Waals surface area contributed by atoms with Gasteiger partial charge in [0.05, 0.1) is 22.0 Å². The van der Waals surface area contributed by atoms with E-state index >= 15 is 0 Å². The normalized spacial score (nSPS) is 22.1. The Kier molecular flexibility index (Phi) is 3.91. The molecule has 3 N–H and O–H groups in total. The van der Waals surface area contributed by atoms with Crippen molar-refractivity contribution in [3.05, 3.63) is 33.1 Å². The van der Waals surface area contributed by atoms with E-state index < -0.39 is 5.41 Å². The van der Waals surface area contributed by atoms with Gasteiger partial charge < -0.3 is 10.6 Å². The third-order valence-corrected chi connectivity index (χ3v) is 5.12. The first kappa shape index (κ1) is 14.4. The zero-order valence-electron chi connectivity index (χ0n) is 11.7. The van der Waals surface area contributed by atoms with Crippen LogP contribution < -0.4 is 10.6 Å². The maximum atomic E-state index is 12.1. The highest BCUT2D eigenvalue weighted by molar-refractivity contribution is 7.16. The minimum Gasteiger partial charge on any atom is -0.364 e. The maximum Gasteiger partial charge on any atom is 0.231 e. The first-order valence-corrected chi connectivity index (χ1v) is 8.10. The van der Waals surface area contributed by atoms with Crippen molar-refractivity contribution in [1.82, 2.24) is 15.5 Å². The SMILES string of the molecule is CC1(c2cc(NCc3ccc(Cl)s3)n[nH]2)CCCNC1=O. The fraction of sp³-hybridized carbons (Fsp3) is 0.429. The van der Waals surface area contributed by atoms with Crippen LogP contribution in [0.5, 0.6) is 0 Å². The zero-order chi connectivity index (χ0) is 14.9. The molecule has 1 amide bonds. The number of anilines is 1. The van der Waals surface area contributed by atoms with Gasteiger partial charge in [-0.05, 0) is 31.9 Å². The Morgan fingerprint density at radius 3 is 3.10 bits per heavy atom. The molecule has 5 nitrogen and oxygen atoms in total. The van der Waals surface area contributed by atoms with Gasteiger partial charge in [0.1, 0.15) is 5.82 Å². The van der Waals surface area contributed by atoms with Crippen molar-refractivity contribution in [3.8, 4) is 0 Å². The fourth-order valence-corrected chi connectivity index (χ4v) is 3.56. The van der Waals surface area contributed by atoms with Crippen molar-refractivity contribution in [2.45, 2.75) is 31.7 Å². The molecule has 1 saturated heterocycles.